The highest BCUT2D eigenvalue weighted by Crippen LogP contribution is 2.33. The van der Waals surface area contributed by atoms with Crippen LogP contribution in [0, 0.1) is 5.82 Å². The van der Waals surface area contributed by atoms with Crippen molar-refractivity contribution in [2.75, 3.05) is 18.5 Å². The van der Waals surface area contributed by atoms with E-state index in [1.807, 2.05) is 13.8 Å². The molecule has 0 saturated carbocycles. The SMILES string of the molecule is CCOc1ccc(-c2cc(C(=O)Nc3nc4ccc(F)cc4s3)no2)cc1OCC. The number of hydrogen-bond acceptors (Lipinski definition) is 7. The summed E-state index contributed by atoms with van der Waals surface area (Å²) in [5.74, 6) is 0.803. The highest BCUT2D eigenvalue weighted by Gasteiger charge is 2.17. The van der Waals surface area contributed by atoms with Crippen molar-refractivity contribution in [3.63, 3.8) is 0 Å². The van der Waals surface area contributed by atoms with E-state index >= 15 is 0 Å². The molecule has 0 unspecified atom stereocenters. The maximum absolute atomic E-state index is 13.3. The lowest BCUT2D eigenvalue weighted by molar-refractivity contribution is 0.101. The van der Waals surface area contributed by atoms with Crippen molar-refractivity contribution >= 4 is 32.6 Å². The zero-order chi connectivity index (χ0) is 21.1. The van der Waals surface area contributed by atoms with Crippen LogP contribution in [0.5, 0.6) is 11.5 Å². The van der Waals surface area contributed by atoms with Crippen molar-refractivity contribution in [3.8, 4) is 22.8 Å². The predicted octanol–water partition coefficient (Wildman–Crippen LogP) is 5.14. The van der Waals surface area contributed by atoms with E-state index in [1.54, 1.807) is 24.3 Å². The zero-order valence-electron chi connectivity index (χ0n) is 16.3. The summed E-state index contributed by atoms with van der Waals surface area (Å²) in [6.45, 7) is 4.78. The van der Waals surface area contributed by atoms with Crippen LogP contribution < -0.4 is 14.8 Å². The molecule has 1 amide bonds. The molecule has 0 aliphatic heterocycles. The molecule has 0 bridgehead atoms. The first-order chi connectivity index (χ1) is 14.6. The number of anilines is 1. The Morgan fingerprint density at radius 3 is 2.70 bits per heavy atom. The first kappa shape index (κ1) is 19.8. The molecule has 0 aliphatic rings. The number of hydrogen-bond donors (Lipinski definition) is 1. The Hall–Kier alpha value is -3.46. The molecular formula is C21H18FN3O4S. The van der Waals surface area contributed by atoms with Crippen LogP contribution in [0.2, 0.25) is 0 Å². The smallest absolute Gasteiger partial charge is 0.279 e. The molecule has 30 heavy (non-hydrogen) atoms. The monoisotopic (exact) mass is 427 g/mol. The number of benzene rings is 2. The first-order valence-electron chi connectivity index (χ1n) is 9.31. The number of nitrogens with one attached hydrogen (secondary N) is 1. The summed E-state index contributed by atoms with van der Waals surface area (Å²) in [7, 11) is 0. The van der Waals surface area contributed by atoms with Crippen molar-refractivity contribution in [1.82, 2.24) is 10.1 Å². The van der Waals surface area contributed by atoms with Crippen LogP contribution in [0.1, 0.15) is 24.3 Å². The summed E-state index contributed by atoms with van der Waals surface area (Å²) < 4.78 is 30.5. The number of amides is 1. The third kappa shape index (κ3) is 4.11. The summed E-state index contributed by atoms with van der Waals surface area (Å²) >= 11 is 1.18. The molecule has 4 aromatic rings. The van der Waals surface area contributed by atoms with Crippen LogP contribution in [-0.2, 0) is 0 Å². The summed E-state index contributed by atoms with van der Waals surface area (Å²) in [6, 6.07) is 11.2. The van der Waals surface area contributed by atoms with E-state index in [9.17, 15) is 9.18 Å². The molecule has 0 atom stereocenters. The van der Waals surface area contributed by atoms with Crippen molar-refractivity contribution in [1.29, 1.82) is 0 Å². The lowest BCUT2D eigenvalue weighted by Gasteiger charge is -2.11. The minimum absolute atomic E-state index is 0.0993. The van der Waals surface area contributed by atoms with Crippen molar-refractivity contribution in [3.05, 3.63) is 54.0 Å². The fourth-order valence-corrected chi connectivity index (χ4v) is 3.72. The van der Waals surface area contributed by atoms with Gasteiger partial charge in [-0.1, -0.05) is 16.5 Å². The number of aromatic nitrogens is 2. The van der Waals surface area contributed by atoms with Gasteiger partial charge in [0.1, 0.15) is 5.82 Å². The Morgan fingerprint density at radius 1 is 1.10 bits per heavy atom. The van der Waals surface area contributed by atoms with Gasteiger partial charge in [0.15, 0.2) is 28.1 Å². The highest BCUT2D eigenvalue weighted by molar-refractivity contribution is 7.22. The van der Waals surface area contributed by atoms with Gasteiger partial charge in [0.25, 0.3) is 5.91 Å². The third-order valence-electron chi connectivity index (χ3n) is 4.14. The van der Waals surface area contributed by atoms with Gasteiger partial charge in [-0.3, -0.25) is 10.1 Å². The second kappa shape index (κ2) is 8.50. The van der Waals surface area contributed by atoms with E-state index in [0.29, 0.717) is 51.4 Å². The van der Waals surface area contributed by atoms with E-state index in [0.717, 1.165) is 0 Å². The predicted molar refractivity (Wildman–Crippen MR) is 112 cm³/mol. The molecule has 154 valence electrons. The molecule has 1 N–H and O–H groups in total. The number of carbonyl (C=O) groups excluding carboxylic acids is 1. The van der Waals surface area contributed by atoms with E-state index in [4.69, 9.17) is 14.0 Å². The van der Waals surface area contributed by atoms with Gasteiger partial charge >= 0.3 is 0 Å². The molecule has 0 aliphatic carbocycles. The Kier molecular flexibility index (Phi) is 5.62. The van der Waals surface area contributed by atoms with Gasteiger partial charge in [0.05, 0.1) is 23.4 Å². The molecule has 2 heterocycles. The van der Waals surface area contributed by atoms with Gasteiger partial charge < -0.3 is 14.0 Å². The standard InChI is InChI=1S/C21H18FN3O4S/c1-3-27-16-8-5-12(9-18(16)28-4-2)17-11-15(25-29-17)20(26)24-21-23-14-7-6-13(22)10-19(14)30-21/h5-11H,3-4H2,1-2H3,(H,23,24,26). The molecule has 7 nitrogen and oxygen atoms in total. The Labute approximate surface area is 175 Å². The number of fused-ring (bicyclic) bond motifs is 1. The topological polar surface area (TPSA) is 86.5 Å². The normalized spacial score (nSPS) is 10.9. The third-order valence-corrected chi connectivity index (χ3v) is 5.08. The van der Waals surface area contributed by atoms with Crippen LogP contribution in [0.3, 0.4) is 0 Å². The minimum Gasteiger partial charge on any atom is -0.490 e. The maximum atomic E-state index is 13.3. The largest absolute Gasteiger partial charge is 0.490 e. The van der Waals surface area contributed by atoms with Crippen molar-refractivity contribution in [2.45, 2.75) is 13.8 Å². The lowest BCUT2D eigenvalue weighted by atomic mass is 10.1. The van der Waals surface area contributed by atoms with E-state index < -0.39 is 5.91 Å². The summed E-state index contributed by atoms with van der Waals surface area (Å²) in [5.41, 5.74) is 1.40. The average Bonchev–Trinajstić information content (AvgIpc) is 3.36. The number of carbonyl (C=O) groups is 1. The zero-order valence-corrected chi connectivity index (χ0v) is 17.1. The summed E-state index contributed by atoms with van der Waals surface area (Å²) in [4.78, 5) is 16.8. The number of halogens is 1. The van der Waals surface area contributed by atoms with Gasteiger partial charge in [-0.25, -0.2) is 9.37 Å². The van der Waals surface area contributed by atoms with Crippen LogP contribution in [0.25, 0.3) is 21.5 Å². The molecule has 2 aromatic heterocycles. The molecule has 9 heteroatoms. The van der Waals surface area contributed by atoms with Gasteiger partial charge in [0, 0.05) is 11.6 Å². The van der Waals surface area contributed by atoms with Crippen LogP contribution >= 0.6 is 11.3 Å². The van der Waals surface area contributed by atoms with Crippen LogP contribution in [-0.4, -0.2) is 29.3 Å². The lowest BCUT2D eigenvalue weighted by Crippen LogP contribution is -2.11. The second-order valence-electron chi connectivity index (χ2n) is 6.19. The minimum atomic E-state index is -0.472. The van der Waals surface area contributed by atoms with E-state index in [2.05, 4.69) is 15.5 Å². The first-order valence-corrected chi connectivity index (χ1v) is 10.1. The second-order valence-corrected chi connectivity index (χ2v) is 7.22. The van der Waals surface area contributed by atoms with E-state index in [1.165, 1.54) is 29.5 Å². The fraction of sp³-hybridized carbons (Fsp3) is 0.190. The van der Waals surface area contributed by atoms with E-state index in [-0.39, 0.29) is 11.5 Å². The van der Waals surface area contributed by atoms with Crippen LogP contribution in [0.15, 0.2) is 47.0 Å². The number of thiazole rings is 1. The molecule has 2 aromatic carbocycles. The maximum Gasteiger partial charge on any atom is 0.279 e. The Morgan fingerprint density at radius 2 is 1.90 bits per heavy atom. The van der Waals surface area contributed by atoms with Crippen LogP contribution in [0.4, 0.5) is 9.52 Å². The Bertz CT molecular complexity index is 1200. The molecule has 0 radical (unpaired) electrons. The van der Waals surface area contributed by atoms with Crippen molar-refractivity contribution in [2.24, 2.45) is 0 Å². The molecule has 0 fully saturated rings. The molecule has 0 spiro atoms. The van der Waals surface area contributed by atoms with Crippen molar-refractivity contribution < 1.29 is 23.2 Å². The average molecular weight is 427 g/mol. The Balaban J connectivity index is 1.54. The van der Waals surface area contributed by atoms with Gasteiger partial charge in [-0.15, -0.1) is 0 Å². The number of nitrogens with zero attached hydrogens (tertiary/aromatic N) is 2. The summed E-state index contributed by atoms with van der Waals surface area (Å²) in [5, 5.41) is 6.87. The molecular weight excluding hydrogens is 409 g/mol. The van der Waals surface area contributed by atoms with Gasteiger partial charge in [-0.2, -0.15) is 0 Å². The quantitative estimate of drug-likeness (QED) is 0.439. The number of rotatable bonds is 7. The number of ether oxygens (including phenoxy) is 2. The highest BCUT2D eigenvalue weighted by atomic mass is 32.1. The van der Waals surface area contributed by atoms with Gasteiger partial charge in [0.2, 0.25) is 0 Å². The molecule has 0 saturated heterocycles. The summed E-state index contributed by atoms with van der Waals surface area (Å²) in [6.07, 6.45) is 0. The van der Waals surface area contributed by atoms with Gasteiger partial charge in [-0.05, 0) is 50.2 Å². The molecule has 4 rings (SSSR count). The fourth-order valence-electron chi connectivity index (χ4n) is 2.84.